The van der Waals surface area contributed by atoms with Crippen LogP contribution < -0.4 is 5.32 Å². The van der Waals surface area contributed by atoms with E-state index < -0.39 is 10.0 Å². The molecule has 0 radical (unpaired) electrons. The van der Waals surface area contributed by atoms with Gasteiger partial charge in [0.1, 0.15) is 0 Å². The molecule has 2 rings (SSSR count). The van der Waals surface area contributed by atoms with Crippen LogP contribution in [0.1, 0.15) is 52.9 Å². The Morgan fingerprint density at radius 1 is 1.20 bits per heavy atom. The van der Waals surface area contributed by atoms with Crippen molar-refractivity contribution < 1.29 is 8.42 Å². The summed E-state index contributed by atoms with van der Waals surface area (Å²) in [6, 6.07) is 0.711. The zero-order chi connectivity index (χ0) is 14.8. The summed E-state index contributed by atoms with van der Waals surface area (Å²) >= 11 is 0. The van der Waals surface area contributed by atoms with E-state index >= 15 is 0 Å². The number of rotatable bonds is 6. The quantitative estimate of drug-likeness (QED) is 0.818. The molecule has 0 spiro atoms. The summed E-state index contributed by atoms with van der Waals surface area (Å²) < 4.78 is 26.6. The first kappa shape index (κ1) is 16.2. The van der Waals surface area contributed by atoms with Crippen molar-refractivity contribution >= 4 is 10.0 Å². The minimum atomic E-state index is -3.07. The Labute approximate surface area is 124 Å². The van der Waals surface area contributed by atoms with Gasteiger partial charge in [-0.25, -0.2) is 12.7 Å². The van der Waals surface area contributed by atoms with Gasteiger partial charge in [-0.05, 0) is 50.0 Å². The van der Waals surface area contributed by atoms with E-state index in [1.807, 2.05) is 0 Å². The molecular formula is C15H30N2O2S. The molecule has 1 aliphatic heterocycles. The van der Waals surface area contributed by atoms with Crippen molar-refractivity contribution in [3.63, 3.8) is 0 Å². The summed E-state index contributed by atoms with van der Waals surface area (Å²) in [6.45, 7) is 8.71. The topological polar surface area (TPSA) is 49.4 Å². The van der Waals surface area contributed by atoms with E-state index in [0.29, 0.717) is 30.8 Å². The van der Waals surface area contributed by atoms with Crippen molar-refractivity contribution in [2.75, 3.05) is 25.4 Å². The molecule has 0 amide bonds. The molecule has 5 heteroatoms. The molecule has 1 saturated carbocycles. The van der Waals surface area contributed by atoms with E-state index in [2.05, 4.69) is 26.1 Å². The Bertz CT molecular complexity index is 410. The van der Waals surface area contributed by atoms with Crippen molar-refractivity contribution in [2.45, 2.75) is 58.9 Å². The molecule has 2 fully saturated rings. The maximum absolute atomic E-state index is 12.4. The molecule has 0 aromatic carbocycles. The van der Waals surface area contributed by atoms with Gasteiger partial charge in [-0.2, -0.15) is 0 Å². The van der Waals surface area contributed by atoms with Crippen molar-refractivity contribution in [1.29, 1.82) is 0 Å². The summed E-state index contributed by atoms with van der Waals surface area (Å²) in [6.07, 6.45) is 5.48. The Morgan fingerprint density at radius 3 is 2.50 bits per heavy atom. The third-order valence-electron chi connectivity index (χ3n) is 4.26. The number of hydrogen-bond donors (Lipinski definition) is 1. The number of nitrogens with zero attached hydrogens (tertiary/aromatic N) is 1. The van der Waals surface area contributed by atoms with Crippen LogP contribution in [0.4, 0.5) is 0 Å². The Morgan fingerprint density at radius 2 is 1.90 bits per heavy atom. The highest BCUT2D eigenvalue weighted by molar-refractivity contribution is 7.89. The lowest BCUT2D eigenvalue weighted by Gasteiger charge is -2.33. The molecule has 1 heterocycles. The number of hydrogen-bond acceptors (Lipinski definition) is 3. The molecule has 1 atom stereocenters. The van der Waals surface area contributed by atoms with Gasteiger partial charge in [-0.1, -0.05) is 20.8 Å². The fourth-order valence-electron chi connectivity index (χ4n) is 2.63. The van der Waals surface area contributed by atoms with Gasteiger partial charge in [0.25, 0.3) is 0 Å². The van der Waals surface area contributed by atoms with Crippen molar-refractivity contribution in [2.24, 2.45) is 11.3 Å². The second-order valence-electron chi connectivity index (χ2n) is 7.68. The van der Waals surface area contributed by atoms with Crippen LogP contribution in [0.25, 0.3) is 0 Å². The van der Waals surface area contributed by atoms with Crippen LogP contribution in [0.3, 0.4) is 0 Å². The summed E-state index contributed by atoms with van der Waals surface area (Å²) in [5.41, 5.74) is 0.0792. The molecule has 0 aromatic heterocycles. The summed E-state index contributed by atoms with van der Waals surface area (Å²) in [5, 5.41) is 3.53. The van der Waals surface area contributed by atoms with E-state index in [1.54, 1.807) is 4.31 Å². The van der Waals surface area contributed by atoms with Crippen molar-refractivity contribution in [3.05, 3.63) is 0 Å². The van der Waals surface area contributed by atoms with E-state index in [0.717, 1.165) is 25.8 Å². The Hall–Kier alpha value is -0.130. The first-order chi connectivity index (χ1) is 9.26. The molecule has 0 aromatic rings. The van der Waals surface area contributed by atoms with Crippen LogP contribution in [-0.2, 0) is 10.0 Å². The third-order valence-corrected chi connectivity index (χ3v) is 6.10. The first-order valence-corrected chi connectivity index (χ1v) is 9.58. The van der Waals surface area contributed by atoms with Gasteiger partial charge >= 0.3 is 0 Å². The maximum Gasteiger partial charge on any atom is 0.214 e. The van der Waals surface area contributed by atoms with E-state index in [1.165, 1.54) is 12.8 Å². The molecule has 1 saturated heterocycles. The van der Waals surface area contributed by atoms with Crippen molar-refractivity contribution in [1.82, 2.24) is 9.62 Å². The number of piperidine rings is 1. The van der Waals surface area contributed by atoms with Gasteiger partial charge in [0.2, 0.25) is 10.0 Å². The summed E-state index contributed by atoms with van der Waals surface area (Å²) in [5.74, 6) is 0.785. The lowest BCUT2D eigenvalue weighted by Crippen LogP contribution is -2.44. The van der Waals surface area contributed by atoms with Gasteiger partial charge in [0, 0.05) is 19.1 Å². The van der Waals surface area contributed by atoms with Gasteiger partial charge in [-0.15, -0.1) is 0 Å². The van der Waals surface area contributed by atoms with Gasteiger partial charge in [-0.3, -0.25) is 0 Å². The maximum atomic E-state index is 12.4. The van der Waals surface area contributed by atoms with E-state index in [-0.39, 0.29) is 5.41 Å². The molecule has 4 nitrogen and oxygen atoms in total. The second-order valence-corrected chi connectivity index (χ2v) is 9.76. The third kappa shape index (κ3) is 5.34. The summed E-state index contributed by atoms with van der Waals surface area (Å²) in [7, 11) is -3.07. The molecule has 2 aliphatic rings. The highest BCUT2D eigenvalue weighted by atomic mass is 32.2. The highest BCUT2D eigenvalue weighted by Crippen LogP contribution is 2.25. The lowest BCUT2D eigenvalue weighted by atomic mass is 9.94. The van der Waals surface area contributed by atoms with Gasteiger partial charge in [0.15, 0.2) is 0 Å². The average molecular weight is 302 g/mol. The van der Waals surface area contributed by atoms with Crippen LogP contribution in [0.2, 0.25) is 0 Å². The summed E-state index contributed by atoms with van der Waals surface area (Å²) in [4.78, 5) is 0. The van der Waals surface area contributed by atoms with Crippen LogP contribution in [0.15, 0.2) is 0 Å². The van der Waals surface area contributed by atoms with Crippen LogP contribution in [0.5, 0.6) is 0 Å². The highest BCUT2D eigenvalue weighted by Gasteiger charge is 2.30. The van der Waals surface area contributed by atoms with Gasteiger partial charge in [0.05, 0.1) is 5.75 Å². The number of nitrogens with one attached hydrogen (secondary N) is 1. The molecule has 1 N–H and O–H groups in total. The normalized spacial score (nSPS) is 25.9. The fraction of sp³-hybridized carbons (Fsp3) is 1.00. The molecule has 0 bridgehead atoms. The first-order valence-electron chi connectivity index (χ1n) is 7.97. The fourth-order valence-corrected chi connectivity index (χ4v) is 4.60. The minimum absolute atomic E-state index is 0.0792. The minimum Gasteiger partial charge on any atom is -0.314 e. The predicted molar refractivity (Wildman–Crippen MR) is 83.2 cm³/mol. The zero-order valence-electron chi connectivity index (χ0n) is 13.2. The molecule has 20 heavy (non-hydrogen) atoms. The van der Waals surface area contributed by atoms with Gasteiger partial charge < -0.3 is 5.32 Å². The van der Waals surface area contributed by atoms with Crippen LogP contribution >= 0.6 is 0 Å². The molecule has 118 valence electrons. The zero-order valence-corrected chi connectivity index (χ0v) is 14.0. The Balaban J connectivity index is 1.82. The molecular weight excluding hydrogens is 272 g/mol. The largest absolute Gasteiger partial charge is 0.314 e. The smallest absolute Gasteiger partial charge is 0.214 e. The monoisotopic (exact) mass is 302 g/mol. The second kappa shape index (κ2) is 6.32. The number of sulfonamides is 1. The average Bonchev–Trinajstić information content (AvgIpc) is 3.18. The van der Waals surface area contributed by atoms with Crippen LogP contribution in [0, 0.1) is 11.3 Å². The van der Waals surface area contributed by atoms with Crippen molar-refractivity contribution in [3.8, 4) is 0 Å². The SMILES string of the molecule is CC(C)(C)CCS(=O)(=O)N1CCCC(CNC2CC2)C1. The van der Waals surface area contributed by atoms with E-state index in [4.69, 9.17) is 0 Å². The molecule has 1 aliphatic carbocycles. The lowest BCUT2D eigenvalue weighted by molar-refractivity contribution is 0.258. The van der Waals surface area contributed by atoms with E-state index in [9.17, 15) is 8.42 Å². The standard InChI is InChI=1S/C15H30N2O2S/c1-15(2,3)8-10-20(18,19)17-9-4-5-13(12-17)11-16-14-6-7-14/h13-14,16H,4-12H2,1-3H3. The molecule has 1 unspecified atom stereocenters. The van der Waals surface area contributed by atoms with Crippen LogP contribution in [-0.4, -0.2) is 44.2 Å². The predicted octanol–water partition coefficient (Wildman–Crippen LogP) is 2.22. The Kier molecular flexibility index (Phi) is 5.14.